The van der Waals surface area contributed by atoms with Gasteiger partial charge in [0.1, 0.15) is 5.82 Å². The largest absolute Gasteiger partial charge is 0.372 e. The molecule has 0 radical (unpaired) electrons. The third kappa shape index (κ3) is 2.95. The summed E-state index contributed by atoms with van der Waals surface area (Å²) in [6.07, 6.45) is 3.92. The van der Waals surface area contributed by atoms with E-state index in [0.29, 0.717) is 18.1 Å². The molecule has 7 heteroatoms. The Labute approximate surface area is 145 Å². The molecular formula is C17H23N3O3S. The fourth-order valence-electron chi connectivity index (χ4n) is 3.56. The van der Waals surface area contributed by atoms with Gasteiger partial charge in [-0.05, 0) is 39.5 Å². The van der Waals surface area contributed by atoms with Crippen molar-refractivity contribution in [3.8, 4) is 0 Å². The van der Waals surface area contributed by atoms with E-state index < -0.39 is 0 Å². The summed E-state index contributed by atoms with van der Waals surface area (Å²) in [7, 11) is 0. The maximum Gasteiger partial charge on any atom is 0.283 e. The van der Waals surface area contributed by atoms with Crippen molar-refractivity contribution in [2.75, 3.05) is 24.5 Å². The van der Waals surface area contributed by atoms with Gasteiger partial charge >= 0.3 is 0 Å². The van der Waals surface area contributed by atoms with Crippen molar-refractivity contribution in [1.29, 1.82) is 0 Å². The number of carbonyl (C=O) groups excluding carboxylic acids is 2. The number of amides is 2. The van der Waals surface area contributed by atoms with Crippen molar-refractivity contribution >= 4 is 29.0 Å². The quantitative estimate of drug-likeness (QED) is 0.820. The van der Waals surface area contributed by atoms with E-state index >= 15 is 0 Å². The summed E-state index contributed by atoms with van der Waals surface area (Å²) < 4.78 is 5.70. The van der Waals surface area contributed by atoms with Crippen molar-refractivity contribution in [2.24, 2.45) is 5.92 Å². The zero-order chi connectivity index (χ0) is 16.8. The second-order valence-electron chi connectivity index (χ2n) is 7.10. The van der Waals surface area contributed by atoms with Gasteiger partial charge in [0.15, 0.2) is 5.01 Å². The molecule has 3 heterocycles. The Morgan fingerprint density at radius 2 is 1.92 bits per heavy atom. The minimum atomic E-state index is -0.0322. The number of fused-ring (bicyclic) bond motifs is 1. The summed E-state index contributed by atoms with van der Waals surface area (Å²) in [6, 6.07) is 0. The van der Waals surface area contributed by atoms with E-state index in [9.17, 15) is 9.59 Å². The van der Waals surface area contributed by atoms with Crippen LogP contribution in [-0.4, -0.2) is 53.5 Å². The Morgan fingerprint density at radius 3 is 2.58 bits per heavy atom. The highest BCUT2D eigenvalue weighted by atomic mass is 32.1. The Hall–Kier alpha value is -1.47. The van der Waals surface area contributed by atoms with Crippen molar-refractivity contribution in [3.05, 3.63) is 9.88 Å². The van der Waals surface area contributed by atoms with Crippen LogP contribution in [0.1, 0.15) is 47.8 Å². The van der Waals surface area contributed by atoms with Crippen LogP contribution in [0, 0.1) is 5.92 Å². The first-order valence-corrected chi connectivity index (χ1v) is 9.60. The van der Waals surface area contributed by atoms with E-state index in [1.165, 1.54) is 11.3 Å². The first kappa shape index (κ1) is 16.0. The Morgan fingerprint density at radius 1 is 1.21 bits per heavy atom. The maximum atomic E-state index is 12.8. The predicted octanol–water partition coefficient (Wildman–Crippen LogP) is 2.08. The molecule has 0 bridgehead atoms. The predicted molar refractivity (Wildman–Crippen MR) is 91.4 cm³/mol. The Bertz CT molecular complexity index is 660. The Kier molecular flexibility index (Phi) is 4.08. The summed E-state index contributed by atoms with van der Waals surface area (Å²) in [6.45, 7) is 5.89. The summed E-state index contributed by atoms with van der Waals surface area (Å²) in [5, 5.41) is 0.511. The van der Waals surface area contributed by atoms with Gasteiger partial charge in [-0.3, -0.25) is 14.5 Å². The molecule has 1 saturated heterocycles. The zero-order valence-corrected chi connectivity index (χ0v) is 15.0. The number of rotatable bonds is 2. The van der Waals surface area contributed by atoms with Gasteiger partial charge in [0.25, 0.3) is 5.91 Å². The van der Waals surface area contributed by atoms with E-state index in [4.69, 9.17) is 4.74 Å². The van der Waals surface area contributed by atoms with Crippen LogP contribution in [0.5, 0.6) is 0 Å². The van der Waals surface area contributed by atoms with Gasteiger partial charge < -0.3 is 9.64 Å². The molecule has 0 spiro atoms. The van der Waals surface area contributed by atoms with Gasteiger partial charge in [-0.1, -0.05) is 0 Å². The van der Waals surface area contributed by atoms with Gasteiger partial charge in [0.2, 0.25) is 5.91 Å². The van der Waals surface area contributed by atoms with Gasteiger partial charge in [0, 0.05) is 30.4 Å². The van der Waals surface area contributed by atoms with Crippen LogP contribution < -0.4 is 4.90 Å². The molecule has 2 amide bonds. The van der Waals surface area contributed by atoms with Crippen LogP contribution in [0.3, 0.4) is 0 Å². The van der Waals surface area contributed by atoms with E-state index in [1.807, 2.05) is 23.6 Å². The molecule has 6 nitrogen and oxygen atoms in total. The number of hydrogen-bond acceptors (Lipinski definition) is 5. The maximum absolute atomic E-state index is 12.8. The highest BCUT2D eigenvalue weighted by molar-refractivity contribution is 7.14. The number of thiazole rings is 1. The minimum Gasteiger partial charge on any atom is -0.372 e. The fourth-order valence-corrected chi connectivity index (χ4v) is 4.63. The molecule has 1 saturated carbocycles. The lowest BCUT2D eigenvalue weighted by molar-refractivity contribution is -0.119. The van der Waals surface area contributed by atoms with Crippen molar-refractivity contribution in [1.82, 2.24) is 9.88 Å². The number of aromatic nitrogens is 1. The Balaban J connectivity index is 1.56. The lowest BCUT2D eigenvalue weighted by Gasteiger charge is -2.34. The van der Waals surface area contributed by atoms with E-state index in [1.54, 1.807) is 0 Å². The molecule has 2 atom stereocenters. The molecule has 3 aliphatic rings. The third-order valence-electron chi connectivity index (χ3n) is 4.80. The van der Waals surface area contributed by atoms with Crippen molar-refractivity contribution in [2.45, 2.75) is 51.7 Å². The molecule has 1 aromatic heterocycles. The third-order valence-corrected chi connectivity index (χ3v) is 5.89. The monoisotopic (exact) mass is 349 g/mol. The average molecular weight is 349 g/mol. The molecule has 0 unspecified atom stereocenters. The fraction of sp³-hybridized carbons (Fsp3) is 0.706. The lowest BCUT2D eigenvalue weighted by atomic mass is 10.1. The number of aryl methyl sites for hydroxylation is 1. The van der Waals surface area contributed by atoms with Gasteiger partial charge in [-0.2, -0.15) is 0 Å². The number of anilines is 1. The minimum absolute atomic E-state index is 0.0322. The molecule has 130 valence electrons. The number of hydrogen-bond donors (Lipinski definition) is 0. The number of ether oxygens (including phenoxy) is 1. The molecule has 2 fully saturated rings. The van der Waals surface area contributed by atoms with Crippen molar-refractivity contribution in [3.63, 3.8) is 0 Å². The van der Waals surface area contributed by atoms with Crippen LogP contribution in [-0.2, 0) is 16.0 Å². The van der Waals surface area contributed by atoms with E-state index in [0.717, 1.165) is 42.9 Å². The smallest absolute Gasteiger partial charge is 0.283 e. The molecule has 1 aliphatic carbocycles. The molecule has 24 heavy (non-hydrogen) atoms. The molecule has 0 N–H and O–H groups in total. The summed E-state index contributed by atoms with van der Waals surface area (Å²) in [5.41, 5.74) is 0. The standard InChI is InChI=1S/C17H23N3O3S/c1-10-8-19(9-11(2)23-10)17(22)15-18-14-13(24-15)4-3-7-20(14)16(21)12-5-6-12/h10-12H,3-9H2,1-2H3/t10-,11+. The molecular weight excluding hydrogens is 326 g/mol. The average Bonchev–Trinajstić information content (AvgIpc) is 3.30. The molecule has 4 rings (SSSR count). The number of carbonyl (C=O) groups is 2. The molecule has 0 aromatic carbocycles. The first-order chi connectivity index (χ1) is 11.5. The number of morpholine rings is 1. The van der Waals surface area contributed by atoms with Crippen LogP contribution >= 0.6 is 11.3 Å². The van der Waals surface area contributed by atoms with Gasteiger partial charge in [0.05, 0.1) is 12.2 Å². The van der Waals surface area contributed by atoms with Crippen LogP contribution in [0.15, 0.2) is 0 Å². The highest BCUT2D eigenvalue weighted by Gasteiger charge is 2.38. The van der Waals surface area contributed by atoms with Crippen LogP contribution in [0.4, 0.5) is 5.82 Å². The number of nitrogens with zero attached hydrogens (tertiary/aromatic N) is 3. The summed E-state index contributed by atoms with van der Waals surface area (Å²) in [4.78, 5) is 34.6. The molecule has 2 aliphatic heterocycles. The van der Waals surface area contributed by atoms with Crippen molar-refractivity contribution < 1.29 is 14.3 Å². The van der Waals surface area contributed by atoms with Crippen LogP contribution in [0.25, 0.3) is 0 Å². The second kappa shape index (κ2) is 6.11. The second-order valence-corrected chi connectivity index (χ2v) is 8.18. The summed E-state index contributed by atoms with van der Waals surface area (Å²) in [5.74, 6) is 1.07. The van der Waals surface area contributed by atoms with Gasteiger partial charge in [-0.25, -0.2) is 4.98 Å². The zero-order valence-electron chi connectivity index (χ0n) is 14.2. The normalized spacial score (nSPS) is 27.1. The van der Waals surface area contributed by atoms with E-state index in [-0.39, 0.29) is 29.9 Å². The topological polar surface area (TPSA) is 62.7 Å². The summed E-state index contributed by atoms with van der Waals surface area (Å²) >= 11 is 1.46. The molecule has 1 aromatic rings. The SMILES string of the molecule is C[C@@H]1CN(C(=O)c2nc3c(s2)CCCN3C(=O)C2CC2)C[C@H](C)O1. The van der Waals surface area contributed by atoms with E-state index in [2.05, 4.69) is 4.98 Å². The van der Waals surface area contributed by atoms with Crippen LogP contribution in [0.2, 0.25) is 0 Å². The lowest BCUT2D eigenvalue weighted by Crippen LogP contribution is -2.48. The van der Waals surface area contributed by atoms with Gasteiger partial charge in [-0.15, -0.1) is 11.3 Å². The highest BCUT2D eigenvalue weighted by Crippen LogP contribution is 2.37. The first-order valence-electron chi connectivity index (χ1n) is 8.78.